The van der Waals surface area contributed by atoms with Crippen LogP contribution in [0.5, 0.6) is 5.88 Å². The molecule has 4 aromatic rings. The molecule has 2 amide bonds. The van der Waals surface area contributed by atoms with Crippen molar-refractivity contribution in [1.29, 1.82) is 0 Å². The van der Waals surface area contributed by atoms with Gasteiger partial charge in [-0.05, 0) is 18.2 Å². The van der Waals surface area contributed by atoms with Crippen molar-refractivity contribution in [1.82, 2.24) is 15.1 Å². The highest BCUT2D eigenvalue weighted by Gasteiger charge is 2.35. The molecule has 3 heterocycles. The number of fused-ring (bicyclic) bond motifs is 2. The maximum Gasteiger partial charge on any atom is 0.269 e. The summed E-state index contributed by atoms with van der Waals surface area (Å²) in [4.78, 5) is 31.6. The van der Waals surface area contributed by atoms with Gasteiger partial charge in [-0.3, -0.25) is 9.59 Å². The first-order valence-electron chi connectivity index (χ1n) is 12.6. The fraction of sp³-hybridized carbons (Fsp3) is 0.172. The zero-order chi connectivity index (χ0) is 27.8. The van der Waals surface area contributed by atoms with E-state index in [1.54, 1.807) is 36.4 Å². The van der Waals surface area contributed by atoms with Crippen molar-refractivity contribution in [2.75, 3.05) is 18.5 Å². The van der Waals surface area contributed by atoms with Gasteiger partial charge in [-0.25, -0.2) is 18.5 Å². The number of anilines is 1. The number of aromatic nitrogens is 2. The fourth-order valence-corrected chi connectivity index (χ4v) is 4.79. The summed E-state index contributed by atoms with van der Waals surface area (Å²) in [6.45, 7) is 0.204. The predicted molar refractivity (Wildman–Crippen MR) is 142 cm³/mol. The first-order valence-corrected chi connectivity index (χ1v) is 12.6. The molecule has 0 saturated carbocycles. The molecule has 0 radical (unpaired) electrons. The number of hydrogen-bond donors (Lipinski definition) is 3. The maximum atomic E-state index is 14.8. The van der Waals surface area contributed by atoms with Gasteiger partial charge in [0.25, 0.3) is 11.8 Å². The minimum Gasteiger partial charge on any atom is -0.477 e. The van der Waals surface area contributed by atoms with Gasteiger partial charge in [0.05, 0.1) is 31.2 Å². The number of aliphatic hydroxyl groups excluding tert-OH is 1. The molecule has 9 nitrogen and oxygen atoms in total. The van der Waals surface area contributed by atoms with Crippen LogP contribution >= 0.6 is 0 Å². The van der Waals surface area contributed by atoms with E-state index in [1.807, 2.05) is 6.07 Å². The largest absolute Gasteiger partial charge is 0.477 e. The highest BCUT2D eigenvalue weighted by molar-refractivity contribution is 6.20. The molecule has 0 bridgehead atoms. The topological polar surface area (TPSA) is 118 Å². The quantitative estimate of drug-likeness (QED) is 0.357. The summed E-state index contributed by atoms with van der Waals surface area (Å²) in [6, 6.07) is 19.1. The summed E-state index contributed by atoms with van der Waals surface area (Å²) >= 11 is 0. The number of rotatable bonds is 5. The average molecular weight is 544 g/mol. The van der Waals surface area contributed by atoms with E-state index in [2.05, 4.69) is 20.7 Å². The predicted octanol–water partition coefficient (Wildman–Crippen LogP) is 3.37. The van der Waals surface area contributed by atoms with E-state index in [0.717, 1.165) is 0 Å². The molecule has 11 heteroatoms. The molecule has 6 rings (SSSR count). The minimum atomic E-state index is -1.47. The third kappa shape index (κ3) is 4.50. The lowest BCUT2D eigenvalue weighted by atomic mass is 10.0. The van der Waals surface area contributed by atoms with Gasteiger partial charge in [-0.1, -0.05) is 54.6 Å². The van der Waals surface area contributed by atoms with E-state index in [4.69, 9.17) is 4.74 Å². The fourth-order valence-electron chi connectivity index (χ4n) is 4.79. The Bertz CT molecular complexity index is 1650. The van der Waals surface area contributed by atoms with Crippen LogP contribution in [0.4, 0.5) is 14.5 Å². The normalized spacial score (nSPS) is 18.0. The molecule has 2 atom stereocenters. The first kappa shape index (κ1) is 25.4. The molecule has 1 aromatic heterocycles. The number of halogens is 2. The maximum absolute atomic E-state index is 14.8. The summed E-state index contributed by atoms with van der Waals surface area (Å²) in [5.41, 5.74) is 1.20. The Kier molecular flexibility index (Phi) is 6.56. The van der Waals surface area contributed by atoms with Crippen LogP contribution in [-0.2, 0) is 11.3 Å². The molecular weight excluding hydrogens is 520 g/mol. The monoisotopic (exact) mass is 543 g/mol. The Morgan fingerprint density at radius 1 is 1.02 bits per heavy atom. The number of nitrogens with one attached hydrogen (secondary N) is 2. The van der Waals surface area contributed by atoms with Gasteiger partial charge < -0.3 is 20.5 Å². The molecule has 202 valence electrons. The lowest BCUT2D eigenvalue weighted by Crippen LogP contribution is -2.42. The molecule has 0 unspecified atom stereocenters. The zero-order valence-electron chi connectivity index (χ0n) is 21.0. The number of hydrogen-bond acceptors (Lipinski definition) is 6. The second-order valence-electron chi connectivity index (χ2n) is 9.42. The lowest BCUT2D eigenvalue weighted by molar-refractivity contribution is -0.117. The number of carbonyl (C=O) groups is 2. The summed E-state index contributed by atoms with van der Waals surface area (Å²) in [5.74, 6) is -2.99. The van der Waals surface area contributed by atoms with E-state index >= 15 is 0 Å². The van der Waals surface area contributed by atoms with Crippen molar-refractivity contribution in [3.8, 4) is 17.1 Å². The Morgan fingerprint density at radius 2 is 1.75 bits per heavy atom. The van der Waals surface area contributed by atoms with Crippen molar-refractivity contribution >= 4 is 23.2 Å². The second-order valence-corrected chi connectivity index (χ2v) is 9.42. The van der Waals surface area contributed by atoms with E-state index < -0.39 is 29.6 Å². The molecule has 2 aliphatic heterocycles. The van der Waals surface area contributed by atoms with Crippen LogP contribution in [0.2, 0.25) is 0 Å². The highest BCUT2D eigenvalue weighted by Crippen LogP contribution is 2.35. The smallest absolute Gasteiger partial charge is 0.269 e. The van der Waals surface area contributed by atoms with E-state index in [-0.39, 0.29) is 54.1 Å². The Balaban J connectivity index is 1.43. The van der Waals surface area contributed by atoms with Crippen LogP contribution in [-0.4, -0.2) is 51.8 Å². The number of aliphatic imine (C=N–C) groups is 1. The molecule has 3 N–H and O–H groups in total. The van der Waals surface area contributed by atoms with Crippen LogP contribution in [0.25, 0.3) is 11.3 Å². The second kappa shape index (κ2) is 10.3. The summed E-state index contributed by atoms with van der Waals surface area (Å²) < 4.78 is 36.9. The van der Waals surface area contributed by atoms with Gasteiger partial charge in [0.2, 0.25) is 12.0 Å². The molecule has 2 aliphatic rings. The number of nitrogens with zero attached hydrogens (tertiary/aromatic N) is 3. The van der Waals surface area contributed by atoms with E-state index in [9.17, 15) is 23.5 Å². The SMILES string of the molecule is O=C(N[C@H]1N=C(c2ccccc2)c2cccc(F)c2NC1=O)c1c(-c2ccccc2F)nn2c1OC[C@@H](CO)C2. The Hall–Kier alpha value is -4.90. The zero-order valence-corrected chi connectivity index (χ0v) is 21.0. The molecule has 3 aromatic carbocycles. The Labute approximate surface area is 227 Å². The van der Waals surface area contributed by atoms with Crippen LogP contribution in [0, 0.1) is 17.6 Å². The number of amides is 2. The highest BCUT2D eigenvalue weighted by atomic mass is 19.1. The minimum absolute atomic E-state index is 0.0137. The van der Waals surface area contributed by atoms with Gasteiger partial charge >= 0.3 is 0 Å². The van der Waals surface area contributed by atoms with Gasteiger partial charge in [-0.2, -0.15) is 5.10 Å². The third-order valence-electron chi connectivity index (χ3n) is 6.75. The number of carbonyl (C=O) groups excluding carboxylic acids is 2. The standard InChI is InChI=1S/C29H23F2N5O4/c30-20-11-5-4-9-18(20)25-22(29-36(35-25)13-16(14-37)15-40-29)27(38)34-26-28(39)33-24-19(10-6-12-21(24)31)23(32-26)17-7-2-1-3-8-17/h1-12,16,26,37H,13-15H2,(H,33,39)(H,34,38)/t16-,26-/m1/s1. The van der Waals surface area contributed by atoms with Crippen molar-refractivity contribution in [2.45, 2.75) is 12.7 Å². The summed E-state index contributed by atoms with van der Waals surface area (Å²) in [6.07, 6.45) is -1.47. The van der Waals surface area contributed by atoms with Crippen LogP contribution in [0.15, 0.2) is 77.8 Å². The number of benzene rings is 3. The molecule has 0 fully saturated rings. The van der Waals surface area contributed by atoms with Crippen molar-refractivity contribution in [2.24, 2.45) is 10.9 Å². The van der Waals surface area contributed by atoms with Crippen molar-refractivity contribution in [3.05, 3.63) is 101 Å². The van der Waals surface area contributed by atoms with Crippen LogP contribution in [0.1, 0.15) is 21.5 Å². The third-order valence-corrected chi connectivity index (χ3v) is 6.75. The van der Waals surface area contributed by atoms with Gasteiger partial charge in [-0.15, -0.1) is 0 Å². The number of para-hydroxylation sites is 1. The first-order chi connectivity index (χ1) is 19.4. The van der Waals surface area contributed by atoms with Crippen molar-refractivity contribution < 1.29 is 28.2 Å². The average Bonchev–Trinajstić information content (AvgIpc) is 3.28. The molecule has 0 aliphatic carbocycles. The van der Waals surface area contributed by atoms with Crippen LogP contribution < -0.4 is 15.4 Å². The van der Waals surface area contributed by atoms with Gasteiger partial charge in [0.15, 0.2) is 0 Å². The molecular formula is C29H23F2N5O4. The lowest BCUT2D eigenvalue weighted by Gasteiger charge is -2.23. The van der Waals surface area contributed by atoms with E-state index in [0.29, 0.717) is 16.8 Å². The summed E-state index contributed by atoms with van der Waals surface area (Å²) in [5, 5.41) is 19.2. The van der Waals surface area contributed by atoms with Gasteiger partial charge in [0, 0.05) is 22.6 Å². The van der Waals surface area contributed by atoms with E-state index in [1.165, 1.54) is 35.0 Å². The molecule has 40 heavy (non-hydrogen) atoms. The molecule has 0 saturated heterocycles. The van der Waals surface area contributed by atoms with Crippen molar-refractivity contribution in [3.63, 3.8) is 0 Å². The number of benzodiazepines with no additional fused rings is 1. The van der Waals surface area contributed by atoms with Crippen LogP contribution in [0.3, 0.4) is 0 Å². The number of aliphatic hydroxyl groups is 1. The van der Waals surface area contributed by atoms with Gasteiger partial charge in [0.1, 0.15) is 22.9 Å². The Morgan fingerprint density at radius 3 is 2.52 bits per heavy atom. The molecule has 0 spiro atoms. The summed E-state index contributed by atoms with van der Waals surface area (Å²) in [7, 11) is 0. The number of ether oxygens (including phenoxy) is 1.